The first-order chi connectivity index (χ1) is 17.1. The molecule has 0 radical (unpaired) electrons. The van der Waals surface area contributed by atoms with Crippen LogP contribution >= 0.6 is 0 Å². The van der Waals surface area contributed by atoms with Gasteiger partial charge in [-0.2, -0.15) is 5.10 Å². The van der Waals surface area contributed by atoms with Crippen LogP contribution in [-0.2, 0) is 4.79 Å². The van der Waals surface area contributed by atoms with Gasteiger partial charge in [0.05, 0.1) is 12.8 Å². The van der Waals surface area contributed by atoms with E-state index in [9.17, 15) is 9.18 Å². The summed E-state index contributed by atoms with van der Waals surface area (Å²) >= 11 is 0. The fraction of sp³-hybridized carbons (Fsp3) is 0.259. The van der Waals surface area contributed by atoms with E-state index in [-0.39, 0.29) is 24.3 Å². The van der Waals surface area contributed by atoms with Gasteiger partial charge in [0, 0.05) is 43.7 Å². The number of fused-ring (bicyclic) bond motifs is 1. The molecule has 7 nitrogen and oxygen atoms in total. The first-order valence-corrected chi connectivity index (χ1v) is 11.8. The molecule has 1 amide bonds. The van der Waals surface area contributed by atoms with Crippen molar-refractivity contribution in [3.05, 3.63) is 90.3 Å². The molecule has 0 N–H and O–H groups in total. The summed E-state index contributed by atoms with van der Waals surface area (Å²) in [7, 11) is 0. The molecule has 178 valence electrons. The fourth-order valence-electron chi connectivity index (χ4n) is 4.80. The highest BCUT2D eigenvalue weighted by molar-refractivity contribution is 6.03. The number of para-hydroxylation sites is 1. The third kappa shape index (κ3) is 4.33. The highest BCUT2D eigenvalue weighted by atomic mass is 19.1. The van der Waals surface area contributed by atoms with E-state index in [0.29, 0.717) is 17.9 Å². The van der Waals surface area contributed by atoms with Crippen molar-refractivity contribution in [2.45, 2.75) is 12.5 Å². The van der Waals surface area contributed by atoms with Crippen LogP contribution in [0.2, 0.25) is 0 Å². The highest BCUT2D eigenvalue weighted by Gasteiger charge is 2.36. The largest absolute Gasteiger partial charge is 0.467 e. The van der Waals surface area contributed by atoms with E-state index in [2.05, 4.69) is 9.80 Å². The summed E-state index contributed by atoms with van der Waals surface area (Å²) in [5.74, 6) is 1.06. The number of furan rings is 2. The molecule has 4 aromatic rings. The lowest BCUT2D eigenvalue weighted by atomic mass is 10.1. The van der Waals surface area contributed by atoms with Gasteiger partial charge >= 0.3 is 0 Å². The van der Waals surface area contributed by atoms with Gasteiger partial charge in [0.1, 0.15) is 28.9 Å². The number of hydrazone groups is 1. The number of anilines is 1. The molecular formula is C27H25FN4O3. The van der Waals surface area contributed by atoms with E-state index < -0.39 is 0 Å². The Morgan fingerprint density at radius 3 is 2.54 bits per heavy atom. The Balaban J connectivity index is 1.17. The second-order valence-corrected chi connectivity index (χ2v) is 8.91. The van der Waals surface area contributed by atoms with E-state index in [1.165, 1.54) is 12.1 Å². The summed E-state index contributed by atoms with van der Waals surface area (Å²) < 4.78 is 24.9. The first-order valence-electron chi connectivity index (χ1n) is 11.8. The SMILES string of the molecule is O=C(CN1CCN(c2ccc(F)cc2)CC1)N1N=C(c2cc3ccccc3o2)C[C@H]1c1ccco1. The van der Waals surface area contributed by atoms with Crippen molar-refractivity contribution in [1.29, 1.82) is 0 Å². The van der Waals surface area contributed by atoms with Crippen molar-refractivity contribution < 1.29 is 18.0 Å². The average Bonchev–Trinajstić information content (AvgIpc) is 3.64. The minimum absolute atomic E-state index is 0.0762. The molecule has 0 saturated carbocycles. The number of rotatable bonds is 5. The van der Waals surface area contributed by atoms with Crippen LogP contribution in [0.4, 0.5) is 10.1 Å². The number of benzene rings is 2. The number of piperazine rings is 1. The van der Waals surface area contributed by atoms with Gasteiger partial charge in [0.25, 0.3) is 5.91 Å². The maximum atomic E-state index is 13.4. The molecule has 8 heteroatoms. The molecule has 2 aliphatic heterocycles. The Morgan fingerprint density at radius 2 is 1.80 bits per heavy atom. The van der Waals surface area contributed by atoms with E-state index in [1.807, 2.05) is 42.5 Å². The molecular weight excluding hydrogens is 447 g/mol. The lowest BCUT2D eigenvalue weighted by Crippen LogP contribution is -2.49. The van der Waals surface area contributed by atoms with Gasteiger partial charge in [0.2, 0.25) is 0 Å². The van der Waals surface area contributed by atoms with Crippen LogP contribution in [0.3, 0.4) is 0 Å². The van der Waals surface area contributed by atoms with Gasteiger partial charge < -0.3 is 13.7 Å². The van der Waals surface area contributed by atoms with Crippen LogP contribution in [0.25, 0.3) is 11.0 Å². The van der Waals surface area contributed by atoms with Crippen molar-refractivity contribution in [1.82, 2.24) is 9.91 Å². The third-order valence-electron chi connectivity index (χ3n) is 6.67. The second-order valence-electron chi connectivity index (χ2n) is 8.91. The number of halogens is 1. The molecule has 1 atom stereocenters. The van der Waals surface area contributed by atoms with Gasteiger partial charge in [-0.05, 0) is 48.5 Å². The Hall–Kier alpha value is -3.91. The molecule has 35 heavy (non-hydrogen) atoms. The number of carbonyl (C=O) groups is 1. The molecule has 0 bridgehead atoms. The molecule has 6 rings (SSSR count). The molecule has 4 heterocycles. The van der Waals surface area contributed by atoms with Crippen molar-refractivity contribution >= 4 is 28.3 Å². The summed E-state index contributed by atoms with van der Waals surface area (Å²) in [5, 5.41) is 7.25. The zero-order valence-electron chi connectivity index (χ0n) is 19.1. The van der Waals surface area contributed by atoms with Crippen LogP contribution in [0.1, 0.15) is 24.0 Å². The van der Waals surface area contributed by atoms with E-state index in [1.54, 1.807) is 23.4 Å². The molecule has 0 unspecified atom stereocenters. The number of hydrogen-bond donors (Lipinski definition) is 0. The predicted octanol–water partition coefficient (Wildman–Crippen LogP) is 4.66. The number of carbonyl (C=O) groups excluding carboxylic acids is 1. The zero-order chi connectivity index (χ0) is 23.8. The highest BCUT2D eigenvalue weighted by Crippen LogP contribution is 2.34. The Bertz CT molecular complexity index is 1320. The predicted molar refractivity (Wildman–Crippen MR) is 131 cm³/mol. The Labute approximate surface area is 202 Å². The van der Waals surface area contributed by atoms with Crippen LogP contribution in [-0.4, -0.2) is 54.3 Å². The average molecular weight is 473 g/mol. The second kappa shape index (κ2) is 9.03. The third-order valence-corrected chi connectivity index (χ3v) is 6.67. The van der Waals surface area contributed by atoms with Crippen molar-refractivity contribution in [3.63, 3.8) is 0 Å². The Morgan fingerprint density at radius 1 is 1.00 bits per heavy atom. The smallest absolute Gasteiger partial charge is 0.257 e. The lowest BCUT2D eigenvalue weighted by molar-refractivity contribution is -0.134. The summed E-state index contributed by atoms with van der Waals surface area (Å²) in [6.07, 6.45) is 2.14. The van der Waals surface area contributed by atoms with Crippen molar-refractivity contribution in [3.8, 4) is 0 Å². The molecule has 2 aliphatic rings. The fourth-order valence-corrected chi connectivity index (χ4v) is 4.80. The van der Waals surface area contributed by atoms with Crippen molar-refractivity contribution in [2.75, 3.05) is 37.6 Å². The maximum Gasteiger partial charge on any atom is 0.257 e. The standard InChI is InChI=1S/C27H25FN4O3/c28-20-7-9-21(10-8-20)31-13-11-30(12-14-31)18-27(33)32-23(25-6-3-15-34-25)17-22(29-32)26-16-19-4-1-2-5-24(19)35-26/h1-10,15-16,23H,11-14,17-18H2/t23-/m0/s1. The maximum absolute atomic E-state index is 13.4. The number of hydrogen-bond acceptors (Lipinski definition) is 6. The first kappa shape index (κ1) is 21.6. The zero-order valence-corrected chi connectivity index (χ0v) is 19.1. The molecule has 0 spiro atoms. The number of nitrogens with zero attached hydrogens (tertiary/aromatic N) is 4. The van der Waals surface area contributed by atoms with Gasteiger partial charge in [-0.1, -0.05) is 18.2 Å². The minimum atomic E-state index is -0.304. The van der Waals surface area contributed by atoms with Crippen molar-refractivity contribution in [2.24, 2.45) is 5.10 Å². The molecule has 1 saturated heterocycles. The van der Waals surface area contributed by atoms with Crippen LogP contribution in [0.15, 0.2) is 86.9 Å². The summed E-state index contributed by atoms with van der Waals surface area (Å²) in [4.78, 5) is 17.8. The van der Waals surface area contributed by atoms with Gasteiger partial charge in [-0.3, -0.25) is 9.69 Å². The van der Waals surface area contributed by atoms with E-state index >= 15 is 0 Å². The summed E-state index contributed by atoms with van der Waals surface area (Å²) in [6.45, 7) is 3.29. The quantitative estimate of drug-likeness (QED) is 0.423. The van der Waals surface area contributed by atoms with Crippen LogP contribution in [0.5, 0.6) is 0 Å². The van der Waals surface area contributed by atoms with Gasteiger partial charge in [0.15, 0.2) is 5.76 Å². The van der Waals surface area contributed by atoms with Gasteiger partial charge in [-0.25, -0.2) is 9.40 Å². The van der Waals surface area contributed by atoms with Crippen LogP contribution < -0.4 is 4.90 Å². The molecule has 2 aromatic heterocycles. The monoisotopic (exact) mass is 472 g/mol. The number of amides is 1. The Kier molecular flexibility index (Phi) is 5.58. The van der Waals surface area contributed by atoms with Crippen LogP contribution in [0, 0.1) is 5.82 Å². The molecule has 0 aliphatic carbocycles. The summed E-state index contributed by atoms with van der Waals surface area (Å²) in [6, 6.07) is 19.7. The molecule has 2 aromatic carbocycles. The topological polar surface area (TPSA) is 65.4 Å². The minimum Gasteiger partial charge on any atom is -0.467 e. The molecule has 1 fully saturated rings. The van der Waals surface area contributed by atoms with Gasteiger partial charge in [-0.15, -0.1) is 0 Å². The lowest BCUT2D eigenvalue weighted by Gasteiger charge is -2.36. The van der Waals surface area contributed by atoms with E-state index in [4.69, 9.17) is 13.9 Å². The summed E-state index contributed by atoms with van der Waals surface area (Å²) in [5.41, 5.74) is 2.52. The van der Waals surface area contributed by atoms with E-state index in [0.717, 1.165) is 48.5 Å². The normalized spacial score (nSPS) is 18.9.